The molecule has 1 unspecified atom stereocenters. The van der Waals surface area contributed by atoms with E-state index in [-0.39, 0.29) is 18.1 Å². The first-order chi connectivity index (χ1) is 14.0. The van der Waals surface area contributed by atoms with Crippen molar-refractivity contribution in [1.29, 1.82) is 0 Å². The number of carbonyl (C=O) groups excluding carboxylic acids is 1. The molecule has 1 atom stereocenters. The smallest absolute Gasteiger partial charge is 0.401 e. The van der Waals surface area contributed by atoms with Crippen molar-refractivity contribution in [1.82, 2.24) is 14.2 Å². The van der Waals surface area contributed by atoms with E-state index in [0.717, 1.165) is 22.3 Å². The van der Waals surface area contributed by atoms with Crippen LogP contribution in [0.5, 0.6) is 0 Å². The Morgan fingerprint density at radius 3 is 2.33 bits per heavy atom. The highest BCUT2D eigenvalue weighted by molar-refractivity contribution is 5.93. The molecule has 1 fully saturated rings. The van der Waals surface area contributed by atoms with Gasteiger partial charge >= 0.3 is 12.1 Å². The average Bonchev–Trinajstić information content (AvgIpc) is 3.00. The van der Waals surface area contributed by atoms with Gasteiger partial charge in [0.05, 0.1) is 18.2 Å². The summed E-state index contributed by atoms with van der Waals surface area (Å²) < 4.78 is 45.6. The van der Waals surface area contributed by atoms with Gasteiger partial charge in [-0.05, 0) is 57.9 Å². The maximum Gasteiger partial charge on any atom is 0.401 e. The highest BCUT2D eigenvalue weighted by Crippen LogP contribution is 2.31. The molecule has 2 aromatic rings. The van der Waals surface area contributed by atoms with E-state index in [1.54, 1.807) is 0 Å². The number of aryl methyl sites for hydroxylation is 1. The molecule has 166 valence electrons. The van der Waals surface area contributed by atoms with Gasteiger partial charge in [-0.2, -0.15) is 13.2 Å². The fourth-order valence-corrected chi connectivity index (χ4v) is 4.24. The number of fused-ring (bicyclic) bond motifs is 1. The summed E-state index contributed by atoms with van der Waals surface area (Å²) in [5, 5.41) is 0. The van der Waals surface area contributed by atoms with E-state index in [4.69, 9.17) is 4.74 Å². The average molecular weight is 425 g/mol. The number of hydrogen-bond donors (Lipinski definition) is 0. The van der Waals surface area contributed by atoms with Crippen LogP contribution in [0.1, 0.15) is 54.0 Å². The number of alkyl halides is 3. The Bertz CT molecular complexity index is 912. The van der Waals surface area contributed by atoms with Crippen molar-refractivity contribution in [2.45, 2.75) is 52.9 Å². The second-order valence-electron chi connectivity index (χ2n) is 8.38. The van der Waals surface area contributed by atoms with Gasteiger partial charge in [-0.1, -0.05) is 0 Å². The minimum absolute atomic E-state index is 0.0564. The zero-order valence-electron chi connectivity index (χ0n) is 18.2. The molecule has 0 bridgehead atoms. The molecule has 0 aromatic carbocycles. The molecule has 0 N–H and O–H groups in total. The highest BCUT2D eigenvalue weighted by atomic mass is 19.4. The summed E-state index contributed by atoms with van der Waals surface area (Å²) in [5.74, 6) is -0.353. The molecule has 3 rings (SSSR count). The van der Waals surface area contributed by atoms with Gasteiger partial charge in [0.1, 0.15) is 0 Å². The predicted molar refractivity (Wildman–Crippen MR) is 110 cm³/mol. The van der Waals surface area contributed by atoms with E-state index in [1.807, 2.05) is 52.9 Å². The number of carbonyl (C=O) groups is 1. The molecule has 30 heavy (non-hydrogen) atoms. The van der Waals surface area contributed by atoms with Crippen molar-refractivity contribution in [3.8, 4) is 0 Å². The zero-order chi connectivity index (χ0) is 22.2. The van der Waals surface area contributed by atoms with Crippen molar-refractivity contribution < 1.29 is 22.7 Å². The Morgan fingerprint density at radius 1 is 1.13 bits per heavy atom. The van der Waals surface area contributed by atoms with Crippen molar-refractivity contribution >= 4 is 11.5 Å². The third-order valence-electron chi connectivity index (χ3n) is 5.78. The normalized spacial score (nSPS) is 17.6. The van der Waals surface area contributed by atoms with Crippen LogP contribution in [-0.4, -0.2) is 65.2 Å². The first kappa shape index (κ1) is 22.6. The molecule has 0 spiro atoms. The van der Waals surface area contributed by atoms with E-state index < -0.39 is 12.7 Å². The summed E-state index contributed by atoms with van der Waals surface area (Å²) in [4.78, 5) is 16.3. The number of esters is 1. The fourth-order valence-electron chi connectivity index (χ4n) is 4.24. The van der Waals surface area contributed by atoms with E-state index in [0.29, 0.717) is 31.7 Å². The number of halogens is 3. The number of hydrogen-bond acceptors (Lipinski definition) is 4. The zero-order valence-corrected chi connectivity index (χ0v) is 18.2. The Labute approximate surface area is 175 Å². The number of piperazine rings is 1. The molecule has 0 saturated carbocycles. The summed E-state index contributed by atoms with van der Waals surface area (Å²) in [7, 11) is 0. The summed E-state index contributed by atoms with van der Waals surface area (Å²) in [6.07, 6.45) is -2.41. The van der Waals surface area contributed by atoms with E-state index in [2.05, 4.69) is 9.30 Å². The summed E-state index contributed by atoms with van der Waals surface area (Å²) in [6.45, 7) is 10.5. The number of ether oxygens (including phenoxy) is 1. The predicted octanol–water partition coefficient (Wildman–Crippen LogP) is 4.36. The lowest BCUT2D eigenvalue weighted by Gasteiger charge is -2.39. The van der Waals surface area contributed by atoms with E-state index >= 15 is 0 Å². The molecule has 0 radical (unpaired) electrons. The third-order valence-corrected chi connectivity index (χ3v) is 5.78. The molecular formula is C22H30F3N3O2. The molecule has 2 aromatic heterocycles. The van der Waals surface area contributed by atoms with Gasteiger partial charge in [-0.25, -0.2) is 4.79 Å². The number of pyridine rings is 1. The quantitative estimate of drug-likeness (QED) is 0.667. The molecule has 1 aliphatic heterocycles. The van der Waals surface area contributed by atoms with Gasteiger partial charge in [0.25, 0.3) is 0 Å². The summed E-state index contributed by atoms with van der Waals surface area (Å²) in [5.41, 5.74) is 4.34. The molecule has 0 amide bonds. The summed E-state index contributed by atoms with van der Waals surface area (Å²) >= 11 is 0. The Hall–Kier alpha value is -2.06. The number of nitrogens with zero attached hydrogens (tertiary/aromatic N) is 3. The van der Waals surface area contributed by atoms with Crippen LogP contribution in [0.2, 0.25) is 0 Å². The Kier molecular flexibility index (Phi) is 6.48. The molecule has 0 aliphatic carbocycles. The van der Waals surface area contributed by atoms with Crippen molar-refractivity contribution in [3.05, 3.63) is 40.7 Å². The summed E-state index contributed by atoms with van der Waals surface area (Å²) in [6, 6.07) is 3.82. The largest absolute Gasteiger partial charge is 0.459 e. The van der Waals surface area contributed by atoms with Gasteiger partial charge in [0, 0.05) is 49.6 Å². The van der Waals surface area contributed by atoms with E-state index in [9.17, 15) is 18.0 Å². The van der Waals surface area contributed by atoms with Crippen LogP contribution in [0.25, 0.3) is 5.52 Å². The minimum atomic E-state index is -4.18. The van der Waals surface area contributed by atoms with Crippen LogP contribution in [0.3, 0.4) is 0 Å². The fraction of sp³-hybridized carbons (Fsp3) is 0.591. The SMILES string of the molecule is Cc1c(C(=O)OC(C)C)cc2c(C)ccn2c1C(C)N1CCN(CC(F)(F)F)CC1. The lowest BCUT2D eigenvalue weighted by molar-refractivity contribution is -0.149. The van der Waals surface area contributed by atoms with Crippen LogP contribution >= 0.6 is 0 Å². The van der Waals surface area contributed by atoms with Crippen LogP contribution in [0.4, 0.5) is 13.2 Å². The highest BCUT2D eigenvalue weighted by Gasteiger charge is 2.33. The van der Waals surface area contributed by atoms with Gasteiger partial charge in [-0.3, -0.25) is 9.80 Å². The molecule has 8 heteroatoms. The van der Waals surface area contributed by atoms with Gasteiger partial charge in [0.2, 0.25) is 0 Å². The lowest BCUT2D eigenvalue weighted by atomic mass is 10.0. The van der Waals surface area contributed by atoms with Gasteiger partial charge in [-0.15, -0.1) is 0 Å². The second kappa shape index (κ2) is 8.59. The maximum atomic E-state index is 12.7. The first-order valence-corrected chi connectivity index (χ1v) is 10.3. The van der Waals surface area contributed by atoms with Crippen molar-refractivity contribution in [2.75, 3.05) is 32.7 Å². The van der Waals surface area contributed by atoms with Crippen LogP contribution < -0.4 is 0 Å². The van der Waals surface area contributed by atoms with E-state index in [1.165, 1.54) is 4.90 Å². The maximum absolute atomic E-state index is 12.7. The standard InChI is InChI=1S/C22H30F3N3O2/c1-14(2)30-21(29)18-12-19-15(3)6-7-28(19)20(16(18)4)17(5)27-10-8-26(9-11-27)13-22(23,24)25/h6-7,12,14,17H,8-11,13H2,1-5H3. The second-order valence-corrected chi connectivity index (χ2v) is 8.38. The molecule has 1 saturated heterocycles. The van der Waals surface area contributed by atoms with Gasteiger partial charge in [0.15, 0.2) is 0 Å². The molecular weight excluding hydrogens is 395 g/mol. The minimum Gasteiger partial charge on any atom is -0.459 e. The topological polar surface area (TPSA) is 37.2 Å². The lowest BCUT2D eigenvalue weighted by Crippen LogP contribution is -2.49. The van der Waals surface area contributed by atoms with Crippen LogP contribution in [-0.2, 0) is 4.74 Å². The van der Waals surface area contributed by atoms with Crippen molar-refractivity contribution in [3.63, 3.8) is 0 Å². The molecule has 3 heterocycles. The Balaban J connectivity index is 1.91. The third kappa shape index (κ3) is 4.81. The van der Waals surface area contributed by atoms with Crippen molar-refractivity contribution in [2.24, 2.45) is 0 Å². The monoisotopic (exact) mass is 425 g/mol. The van der Waals surface area contributed by atoms with Crippen LogP contribution in [0, 0.1) is 13.8 Å². The van der Waals surface area contributed by atoms with Crippen LogP contribution in [0.15, 0.2) is 18.3 Å². The number of rotatable bonds is 5. The number of aromatic nitrogens is 1. The molecule has 5 nitrogen and oxygen atoms in total. The molecule has 1 aliphatic rings. The Morgan fingerprint density at radius 2 is 1.77 bits per heavy atom. The van der Waals surface area contributed by atoms with Gasteiger partial charge < -0.3 is 9.14 Å². The first-order valence-electron chi connectivity index (χ1n) is 10.3.